The van der Waals surface area contributed by atoms with E-state index in [9.17, 15) is 13.2 Å². The predicted molar refractivity (Wildman–Crippen MR) is 81.8 cm³/mol. The Balaban J connectivity index is 2.05. The van der Waals surface area contributed by atoms with E-state index in [1.165, 1.54) is 10.8 Å². The average molecular weight is 343 g/mol. The molecule has 0 saturated heterocycles. The van der Waals surface area contributed by atoms with E-state index in [0.29, 0.717) is 12.2 Å². The van der Waals surface area contributed by atoms with Gasteiger partial charge >= 0.3 is 6.18 Å². The van der Waals surface area contributed by atoms with Crippen LogP contribution in [0.2, 0.25) is 0 Å². The fourth-order valence-electron chi connectivity index (χ4n) is 3.43. The van der Waals surface area contributed by atoms with Crippen molar-refractivity contribution >= 4 is 11.6 Å². The molecule has 0 bridgehead atoms. The molecule has 0 amide bonds. The molecule has 1 aliphatic carbocycles. The van der Waals surface area contributed by atoms with Gasteiger partial charge in [-0.15, -0.1) is 0 Å². The van der Waals surface area contributed by atoms with Gasteiger partial charge in [-0.25, -0.2) is 4.98 Å². The predicted octanol–water partition coefficient (Wildman–Crippen LogP) is 2.78. The van der Waals surface area contributed by atoms with Gasteiger partial charge in [-0.05, 0) is 13.3 Å². The number of methoxy groups -OCH3 is 1. The summed E-state index contributed by atoms with van der Waals surface area (Å²) in [6.45, 7) is 6.10. The third-order valence-electron chi connectivity index (χ3n) is 5.58. The number of hydrogen-bond donors (Lipinski definition) is 0. The van der Waals surface area contributed by atoms with E-state index >= 15 is 0 Å². The molecule has 132 valence electrons. The monoisotopic (exact) mass is 343 g/mol. The molecular weight excluding hydrogens is 323 g/mol. The van der Waals surface area contributed by atoms with Crippen molar-refractivity contribution in [1.82, 2.24) is 19.6 Å². The van der Waals surface area contributed by atoms with Crippen molar-refractivity contribution in [2.45, 2.75) is 45.0 Å². The van der Waals surface area contributed by atoms with Crippen LogP contribution in [0.1, 0.15) is 32.9 Å². The molecule has 2 atom stereocenters. The summed E-state index contributed by atoms with van der Waals surface area (Å²) < 4.78 is 46.3. The molecule has 9 heteroatoms. The largest absolute Gasteiger partial charge is 0.433 e. The lowest BCUT2D eigenvalue weighted by Crippen LogP contribution is -2.68. The first-order chi connectivity index (χ1) is 11.0. The van der Waals surface area contributed by atoms with E-state index in [2.05, 4.69) is 15.1 Å². The zero-order valence-electron chi connectivity index (χ0n) is 14.2. The van der Waals surface area contributed by atoms with Crippen molar-refractivity contribution in [3.8, 4) is 0 Å². The van der Waals surface area contributed by atoms with Crippen molar-refractivity contribution in [1.29, 1.82) is 0 Å². The molecule has 2 aromatic rings. The molecule has 24 heavy (non-hydrogen) atoms. The first kappa shape index (κ1) is 16.9. The Labute approximate surface area is 137 Å². The van der Waals surface area contributed by atoms with Crippen molar-refractivity contribution < 1.29 is 17.9 Å². The number of aromatic nitrogens is 4. The minimum absolute atomic E-state index is 0.00154. The quantitative estimate of drug-likeness (QED) is 0.858. The highest BCUT2D eigenvalue weighted by Gasteiger charge is 2.59. The minimum Gasteiger partial charge on any atom is -0.378 e. The van der Waals surface area contributed by atoms with E-state index in [1.54, 1.807) is 19.1 Å². The van der Waals surface area contributed by atoms with Crippen molar-refractivity contribution in [2.75, 3.05) is 19.1 Å². The lowest BCUT2D eigenvalue weighted by Gasteiger charge is -2.61. The Kier molecular flexibility index (Phi) is 3.56. The van der Waals surface area contributed by atoms with Crippen LogP contribution in [0.5, 0.6) is 0 Å². The van der Waals surface area contributed by atoms with Crippen LogP contribution in [0.4, 0.5) is 19.0 Å². The lowest BCUT2D eigenvalue weighted by molar-refractivity contribution is -0.172. The Morgan fingerprint density at radius 1 is 1.33 bits per heavy atom. The summed E-state index contributed by atoms with van der Waals surface area (Å²) in [6.07, 6.45) is -2.64. The van der Waals surface area contributed by atoms with Crippen LogP contribution in [-0.2, 0) is 10.9 Å². The van der Waals surface area contributed by atoms with E-state index in [0.717, 1.165) is 6.07 Å². The van der Waals surface area contributed by atoms with Crippen LogP contribution in [0.25, 0.3) is 5.78 Å². The normalized spacial score (nSPS) is 26.4. The van der Waals surface area contributed by atoms with Crippen molar-refractivity contribution in [2.24, 2.45) is 5.41 Å². The summed E-state index contributed by atoms with van der Waals surface area (Å²) in [5.74, 6) is 0.236. The fraction of sp³-hybridized carbons (Fsp3) is 0.667. The van der Waals surface area contributed by atoms with Gasteiger partial charge in [-0.3, -0.25) is 0 Å². The molecule has 1 saturated carbocycles. The maximum absolute atomic E-state index is 13.1. The third-order valence-corrected chi connectivity index (χ3v) is 5.58. The van der Waals surface area contributed by atoms with E-state index in [4.69, 9.17) is 4.74 Å². The molecule has 2 heterocycles. The van der Waals surface area contributed by atoms with Crippen LogP contribution in [0.3, 0.4) is 0 Å². The summed E-state index contributed by atoms with van der Waals surface area (Å²) in [4.78, 5) is 9.16. The number of nitrogens with zero attached hydrogens (tertiary/aromatic N) is 5. The first-order valence-corrected chi connectivity index (χ1v) is 7.57. The molecule has 3 rings (SSSR count). The zero-order chi connectivity index (χ0) is 17.9. The van der Waals surface area contributed by atoms with Gasteiger partial charge in [0.05, 0.1) is 5.60 Å². The molecule has 0 N–H and O–H groups in total. The molecule has 2 aromatic heterocycles. The second-order valence-corrected chi connectivity index (χ2v) is 6.96. The molecule has 0 aliphatic heterocycles. The van der Waals surface area contributed by atoms with Crippen molar-refractivity contribution in [3.05, 3.63) is 18.1 Å². The average Bonchev–Trinajstić information content (AvgIpc) is 2.98. The highest BCUT2D eigenvalue weighted by molar-refractivity contribution is 5.49. The number of anilines is 1. The van der Waals surface area contributed by atoms with Gasteiger partial charge < -0.3 is 9.64 Å². The summed E-state index contributed by atoms with van der Waals surface area (Å²) in [7, 11) is 3.42. The first-order valence-electron chi connectivity index (χ1n) is 7.57. The highest BCUT2D eigenvalue weighted by Crippen LogP contribution is 2.54. The number of halogens is 3. The Morgan fingerprint density at radius 3 is 2.54 bits per heavy atom. The van der Waals surface area contributed by atoms with Crippen LogP contribution in [0.15, 0.2) is 12.4 Å². The Hall–Kier alpha value is -1.90. The molecule has 1 fully saturated rings. The van der Waals surface area contributed by atoms with Gasteiger partial charge in [0.25, 0.3) is 5.78 Å². The maximum Gasteiger partial charge on any atom is 0.433 e. The van der Waals surface area contributed by atoms with Gasteiger partial charge in [0.1, 0.15) is 12.1 Å². The molecular formula is C15H20F3N5O. The molecule has 6 nitrogen and oxygen atoms in total. The van der Waals surface area contributed by atoms with E-state index in [-0.39, 0.29) is 22.8 Å². The van der Waals surface area contributed by atoms with Gasteiger partial charge in [-0.1, -0.05) is 13.8 Å². The van der Waals surface area contributed by atoms with E-state index < -0.39 is 11.9 Å². The Bertz CT molecular complexity index is 772. The summed E-state index contributed by atoms with van der Waals surface area (Å²) in [6, 6.07) is 1.01. The van der Waals surface area contributed by atoms with Crippen LogP contribution >= 0.6 is 0 Å². The summed E-state index contributed by atoms with van der Waals surface area (Å²) in [5, 5.41) is 4.01. The van der Waals surface area contributed by atoms with Gasteiger partial charge in [0.15, 0.2) is 5.69 Å². The van der Waals surface area contributed by atoms with Crippen LogP contribution in [-0.4, -0.2) is 45.4 Å². The second kappa shape index (κ2) is 5.05. The van der Waals surface area contributed by atoms with Crippen molar-refractivity contribution in [3.63, 3.8) is 0 Å². The van der Waals surface area contributed by atoms with Gasteiger partial charge in [0, 0.05) is 31.7 Å². The molecule has 0 aromatic carbocycles. The van der Waals surface area contributed by atoms with Crippen LogP contribution < -0.4 is 4.90 Å². The number of hydrogen-bond acceptors (Lipinski definition) is 5. The summed E-state index contributed by atoms with van der Waals surface area (Å²) in [5.41, 5.74) is -1.55. The highest BCUT2D eigenvalue weighted by atomic mass is 19.4. The van der Waals surface area contributed by atoms with Gasteiger partial charge in [0.2, 0.25) is 0 Å². The fourth-order valence-corrected chi connectivity index (χ4v) is 3.43. The SMILES string of the molecule is CO[C@@]1(C)C[C@@H](N(C)c2cc(C(F)(F)F)nc3ncnn23)C1(C)C. The zero-order valence-corrected chi connectivity index (χ0v) is 14.2. The minimum atomic E-state index is -4.54. The topological polar surface area (TPSA) is 55.5 Å². The molecule has 0 radical (unpaired) electrons. The lowest BCUT2D eigenvalue weighted by atomic mass is 9.55. The van der Waals surface area contributed by atoms with E-state index in [1.807, 2.05) is 20.8 Å². The van der Waals surface area contributed by atoms with Gasteiger partial charge in [-0.2, -0.15) is 27.8 Å². The second-order valence-electron chi connectivity index (χ2n) is 6.96. The standard InChI is InChI=1S/C15H20F3N5O/c1-13(2)10(7-14(13,3)24-5)22(4)11-6-9(15(16,17)18)21-12-19-8-20-23(11)12/h6,8,10H,7H2,1-5H3/t10-,14+/m1/s1. The maximum atomic E-state index is 13.1. The number of fused-ring (bicyclic) bond motifs is 1. The number of rotatable bonds is 3. The summed E-state index contributed by atoms with van der Waals surface area (Å²) >= 11 is 0. The van der Waals surface area contributed by atoms with Crippen LogP contribution in [0, 0.1) is 5.41 Å². The smallest absolute Gasteiger partial charge is 0.378 e. The molecule has 0 unspecified atom stereocenters. The third kappa shape index (κ3) is 2.25. The Morgan fingerprint density at radius 2 is 2.00 bits per heavy atom. The number of alkyl halides is 3. The molecule has 1 aliphatic rings. The number of ether oxygens (including phenoxy) is 1. The molecule has 0 spiro atoms.